The molecule has 1 aliphatic rings. The second-order valence-electron chi connectivity index (χ2n) is 4.68. The highest BCUT2D eigenvalue weighted by atomic mass is 16.5. The number of nitrogens with one attached hydrogen (secondary N) is 2. The van der Waals surface area contributed by atoms with Gasteiger partial charge in [-0.25, -0.2) is 0 Å². The summed E-state index contributed by atoms with van der Waals surface area (Å²) < 4.78 is 10.3. The van der Waals surface area contributed by atoms with E-state index in [1.54, 1.807) is 7.11 Å². The highest BCUT2D eigenvalue weighted by molar-refractivity contribution is 5.77. The summed E-state index contributed by atoms with van der Waals surface area (Å²) in [5, 5.41) is 6.26. The first-order valence-corrected chi connectivity index (χ1v) is 6.89. The Morgan fingerprint density at radius 2 is 2.28 bits per heavy atom. The fourth-order valence-electron chi connectivity index (χ4n) is 2.06. The molecule has 18 heavy (non-hydrogen) atoms. The molecule has 2 N–H and O–H groups in total. The van der Waals surface area contributed by atoms with E-state index >= 15 is 0 Å². The van der Waals surface area contributed by atoms with Crippen molar-refractivity contribution in [2.24, 2.45) is 0 Å². The number of hydrogen-bond donors (Lipinski definition) is 2. The predicted octanol–water partition coefficient (Wildman–Crippen LogP) is 0.688. The molecule has 0 spiro atoms. The van der Waals surface area contributed by atoms with Gasteiger partial charge in [0.25, 0.3) is 0 Å². The zero-order valence-electron chi connectivity index (χ0n) is 11.4. The molecule has 106 valence electrons. The highest BCUT2D eigenvalue weighted by Crippen LogP contribution is 2.09. The third kappa shape index (κ3) is 7.63. The van der Waals surface area contributed by atoms with Crippen molar-refractivity contribution in [2.75, 3.05) is 40.0 Å². The maximum absolute atomic E-state index is 11.4. The number of rotatable bonds is 9. The van der Waals surface area contributed by atoms with Crippen LogP contribution >= 0.6 is 0 Å². The Bertz CT molecular complexity index is 218. The van der Waals surface area contributed by atoms with Crippen molar-refractivity contribution in [1.29, 1.82) is 0 Å². The van der Waals surface area contributed by atoms with E-state index in [2.05, 4.69) is 10.6 Å². The van der Waals surface area contributed by atoms with Gasteiger partial charge in [0, 0.05) is 32.9 Å². The lowest BCUT2D eigenvalue weighted by atomic mass is 10.0. The normalized spacial score (nSPS) is 19.7. The molecule has 1 amide bonds. The third-order valence-electron chi connectivity index (χ3n) is 3.10. The number of ether oxygens (including phenoxy) is 2. The quantitative estimate of drug-likeness (QED) is 0.597. The lowest BCUT2D eigenvalue weighted by Gasteiger charge is -2.23. The molecular weight excluding hydrogens is 232 g/mol. The molecule has 1 aliphatic heterocycles. The topological polar surface area (TPSA) is 59.6 Å². The van der Waals surface area contributed by atoms with Crippen LogP contribution in [0.3, 0.4) is 0 Å². The molecule has 1 saturated heterocycles. The third-order valence-corrected chi connectivity index (χ3v) is 3.10. The minimum atomic E-state index is -0.0392. The van der Waals surface area contributed by atoms with Crippen LogP contribution in [0.25, 0.3) is 0 Å². The zero-order chi connectivity index (χ0) is 13.1. The number of piperidine rings is 1. The van der Waals surface area contributed by atoms with Gasteiger partial charge in [-0.1, -0.05) is 6.42 Å². The summed E-state index contributed by atoms with van der Waals surface area (Å²) in [6.45, 7) is 3.27. The monoisotopic (exact) mass is 258 g/mol. The molecule has 0 aromatic heterocycles. The van der Waals surface area contributed by atoms with Crippen LogP contribution < -0.4 is 10.6 Å². The summed E-state index contributed by atoms with van der Waals surface area (Å²) in [5.41, 5.74) is 0. The molecule has 0 saturated carbocycles. The van der Waals surface area contributed by atoms with Gasteiger partial charge >= 0.3 is 0 Å². The summed E-state index contributed by atoms with van der Waals surface area (Å²) in [7, 11) is 1.66. The fraction of sp³-hybridized carbons (Fsp3) is 0.923. The van der Waals surface area contributed by atoms with Gasteiger partial charge in [0.1, 0.15) is 6.61 Å². The van der Waals surface area contributed by atoms with Gasteiger partial charge in [-0.2, -0.15) is 0 Å². The lowest BCUT2D eigenvalue weighted by Crippen LogP contribution is -2.35. The molecule has 1 heterocycles. The first-order valence-electron chi connectivity index (χ1n) is 6.89. The summed E-state index contributed by atoms with van der Waals surface area (Å²) in [5.74, 6) is -0.0392. The van der Waals surface area contributed by atoms with E-state index in [0.29, 0.717) is 25.8 Å². The molecule has 1 fully saturated rings. The summed E-state index contributed by atoms with van der Waals surface area (Å²) in [6, 6.07) is 0.573. The average Bonchev–Trinajstić information content (AvgIpc) is 2.41. The highest BCUT2D eigenvalue weighted by Gasteiger charge is 2.11. The maximum atomic E-state index is 11.4. The van der Waals surface area contributed by atoms with Crippen LogP contribution in [0.2, 0.25) is 0 Å². The van der Waals surface area contributed by atoms with Gasteiger partial charge in [0.05, 0.1) is 0 Å². The van der Waals surface area contributed by atoms with Crippen LogP contribution in [0.15, 0.2) is 0 Å². The number of carbonyl (C=O) groups is 1. The Morgan fingerprint density at radius 1 is 1.39 bits per heavy atom. The van der Waals surface area contributed by atoms with E-state index in [1.165, 1.54) is 19.3 Å². The number of carbonyl (C=O) groups excluding carboxylic acids is 1. The molecular formula is C13H26N2O3. The second-order valence-corrected chi connectivity index (χ2v) is 4.68. The van der Waals surface area contributed by atoms with Crippen LogP contribution in [-0.2, 0) is 14.3 Å². The minimum absolute atomic E-state index is 0.0392. The van der Waals surface area contributed by atoms with Crippen LogP contribution in [0.4, 0.5) is 0 Å². The van der Waals surface area contributed by atoms with Gasteiger partial charge in [0.2, 0.25) is 5.91 Å². The Hall–Kier alpha value is -0.650. The molecule has 1 rings (SSSR count). The van der Waals surface area contributed by atoms with Gasteiger partial charge < -0.3 is 20.1 Å². The summed E-state index contributed by atoms with van der Waals surface area (Å²) >= 11 is 0. The summed E-state index contributed by atoms with van der Waals surface area (Å²) in [6.07, 6.45) is 5.65. The standard InChI is InChI=1S/C13H26N2O3/c1-17-9-4-8-15-13(16)11-18-10-6-12-5-2-3-7-14-12/h12,14H,2-11H2,1H3,(H,15,16). The van der Waals surface area contributed by atoms with Gasteiger partial charge in [-0.15, -0.1) is 0 Å². The molecule has 0 aromatic carbocycles. The molecule has 0 aliphatic carbocycles. The van der Waals surface area contributed by atoms with Gasteiger partial charge in [0.15, 0.2) is 0 Å². The second kappa shape index (κ2) is 10.3. The largest absolute Gasteiger partial charge is 0.385 e. The van der Waals surface area contributed by atoms with Crippen LogP contribution in [0.5, 0.6) is 0 Å². The number of hydrogen-bond acceptors (Lipinski definition) is 4. The smallest absolute Gasteiger partial charge is 0.245 e. The van der Waals surface area contributed by atoms with E-state index < -0.39 is 0 Å². The zero-order valence-corrected chi connectivity index (χ0v) is 11.4. The Labute approximate surface area is 110 Å². The molecule has 0 bridgehead atoms. The minimum Gasteiger partial charge on any atom is -0.385 e. The SMILES string of the molecule is COCCCNC(=O)COCCC1CCCCN1. The van der Waals surface area contributed by atoms with E-state index in [9.17, 15) is 4.79 Å². The molecule has 1 unspecified atom stereocenters. The van der Waals surface area contributed by atoms with Crippen molar-refractivity contribution in [3.05, 3.63) is 0 Å². The maximum Gasteiger partial charge on any atom is 0.245 e. The Morgan fingerprint density at radius 3 is 3.00 bits per heavy atom. The fourth-order valence-corrected chi connectivity index (χ4v) is 2.06. The van der Waals surface area contributed by atoms with Gasteiger partial charge in [-0.05, 0) is 32.2 Å². The molecule has 0 radical (unpaired) electrons. The molecule has 0 aromatic rings. The first kappa shape index (κ1) is 15.4. The van der Waals surface area contributed by atoms with E-state index in [4.69, 9.17) is 9.47 Å². The average molecular weight is 258 g/mol. The van der Waals surface area contributed by atoms with E-state index in [0.717, 1.165) is 19.4 Å². The van der Waals surface area contributed by atoms with E-state index in [1.807, 2.05) is 0 Å². The predicted molar refractivity (Wildman–Crippen MR) is 70.6 cm³/mol. The molecule has 1 atom stereocenters. The van der Waals surface area contributed by atoms with Crippen LogP contribution in [0, 0.1) is 0 Å². The first-order chi connectivity index (χ1) is 8.83. The Balaban J connectivity index is 1.88. The van der Waals surface area contributed by atoms with Gasteiger partial charge in [-0.3, -0.25) is 4.79 Å². The van der Waals surface area contributed by atoms with Crippen molar-refractivity contribution >= 4 is 5.91 Å². The van der Waals surface area contributed by atoms with Crippen molar-refractivity contribution < 1.29 is 14.3 Å². The molecule has 5 heteroatoms. The number of methoxy groups -OCH3 is 1. The Kier molecular flexibility index (Phi) is 8.81. The van der Waals surface area contributed by atoms with Crippen molar-refractivity contribution in [2.45, 2.75) is 38.1 Å². The summed E-state index contributed by atoms with van der Waals surface area (Å²) in [4.78, 5) is 11.4. The lowest BCUT2D eigenvalue weighted by molar-refractivity contribution is -0.125. The van der Waals surface area contributed by atoms with E-state index in [-0.39, 0.29) is 12.5 Å². The molecule has 5 nitrogen and oxygen atoms in total. The number of amides is 1. The van der Waals surface area contributed by atoms with Crippen LogP contribution in [0.1, 0.15) is 32.1 Å². The van der Waals surface area contributed by atoms with Crippen molar-refractivity contribution in [3.8, 4) is 0 Å². The van der Waals surface area contributed by atoms with Crippen molar-refractivity contribution in [3.63, 3.8) is 0 Å². The van der Waals surface area contributed by atoms with Crippen molar-refractivity contribution in [1.82, 2.24) is 10.6 Å². The van der Waals surface area contributed by atoms with Crippen LogP contribution in [-0.4, -0.2) is 52.0 Å².